The second-order valence-corrected chi connectivity index (χ2v) is 7.78. The van der Waals surface area contributed by atoms with E-state index in [-0.39, 0.29) is 24.8 Å². The van der Waals surface area contributed by atoms with E-state index in [1.54, 1.807) is 12.1 Å². The van der Waals surface area contributed by atoms with Crippen molar-refractivity contribution in [2.45, 2.75) is 20.4 Å². The maximum atomic E-state index is 12.8. The normalized spacial score (nSPS) is 14.6. The Morgan fingerprint density at radius 3 is 2.60 bits per heavy atom. The minimum Gasteiger partial charge on any atom is -0.490 e. The molecule has 30 heavy (non-hydrogen) atoms. The van der Waals surface area contributed by atoms with Gasteiger partial charge in [0.1, 0.15) is 12.3 Å². The molecule has 154 valence electrons. The van der Waals surface area contributed by atoms with Crippen LogP contribution in [0.4, 0.5) is 4.79 Å². The standard InChI is InChI=1S/C23H21IN2O4/c1-4-10-30-21-18(24)11-17(13-20(21)29-5-2)12-19-22(27)26(23(28)25-19)14-16-8-6-15(3)7-9-16/h1,6-9,11-13H,5,10,14H2,2-3H3,(H,25,28)/b19-12+. The number of benzene rings is 2. The second kappa shape index (κ2) is 9.67. The van der Waals surface area contributed by atoms with Crippen molar-refractivity contribution in [2.24, 2.45) is 0 Å². The predicted molar refractivity (Wildman–Crippen MR) is 123 cm³/mol. The molecule has 0 atom stereocenters. The third-order valence-electron chi connectivity index (χ3n) is 4.37. The molecule has 2 aromatic carbocycles. The number of nitrogens with one attached hydrogen (secondary N) is 1. The first-order valence-corrected chi connectivity index (χ1v) is 10.4. The molecule has 0 aromatic heterocycles. The average molecular weight is 516 g/mol. The van der Waals surface area contributed by atoms with Gasteiger partial charge in [0, 0.05) is 0 Å². The van der Waals surface area contributed by atoms with E-state index in [0.717, 1.165) is 14.7 Å². The van der Waals surface area contributed by atoms with Crippen molar-refractivity contribution in [3.63, 3.8) is 0 Å². The van der Waals surface area contributed by atoms with Crippen LogP contribution in [0.3, 0.4) is 0 Å². The highest BCUT2D eigenvalue weighted by Gasteiger charge is 2.33. The summed E-state index contributed by atoms with van der Waals surface area (Å²) in [5.74, 6) is 3.14. The Hall–Kier alpha value is -2.99. The summed E-state index contributed by atoms with van der Waals surface area (Å²) in [6, 6.07) is 10.9. The zero-order chi connectivity index (χ0) is 21.7. The van der Waals surface area contributed by atoms with E-state index in [0.29, 0.717) is 23.7 Å². The molecule has 6 nitrogen and oxygen atoms in total. The highest BCUT2D eigenvalue weighted by atomic mass is 127. The van der Waals surface area contributed by atoms with Crippen LogP contribution in [-0.2, 0) is 11.3 Å². The highest BCUT2D eigenvalue weighted by Crippen LogP contribution is 2.35. The molecule has 3 rings (SSSR count). The van der Waals surface area contributed by atoms with Crippen LogP contribution >= 0.6 is 22.6 Å². The molecular weight excluding hydrogens is 495 g/mol. The predicted octanol–water partition coefficient (Wildman–Crippen LogP) is 4.10. The smallest absolute Gasteiger partial charge is 0.329 e. The zero-order valence-corrected chi connectivity index (χ0v) is 18.9. The van der Waals surface area contributed by atoms with E-state index in [1.165, 1.54) is 4.90 Å². The van der Waals surface area contributed by atoms with Gasteiger partial charge in [0.15, 0.2) is 11.5 Å². The fourth-order valence-electron chi connectivity index (χ4n) is 2.95. The Balaban J connectivity index is 1.85. The van der Waals surface area contributed by atoms with Gasteiger partial charge in [0.05, 0.1) is 16.7 Å². The number of carbonyl (C=O) groups is 2. The van der Waals surface area contributed by atoms with Crippen molar-refractivity contribution in [1.82, 2.24) is 10.2 Å². The molecule has 0 unspecified atom stereocenters. The first-order chi connectivity index (χ1) is 14.4. The van der Waals surface area contributed by atoms with Crippen molar-refractivity contribution in [3.05, 3.63) is 62.4 Å². The molecule has 3 amide bonds. The lowest BCUT2D eigenvalue weighted by atomic mass is 10.1. The summed E-state index contributed by atoms with van der Waals surface area (Å²) in [6.45, 7) is 4.64. The van der Waals surface area contributed by atoms with E-state index in [4.69, 9.17) is 15.9 Å². The summed E-state index contributed by atoms with van der Waals surface area (Å²) in [7, 11) is 0. The monoisotopic (exact) mass is 516 g/mol. The van der Waals surface area contributed by atoms with Gasteiger partial charge in [-0.3, -0.25) is 9.69 Å². The SMILES string of the molecule is C#CCOc1c(I)cc(/C=C2/NC(=O)N(Cc3ccc(C)cc3)C2=O)cc1OCC. The lowest BCUT2D eigenvalue weighted by molar-refractivity contribution is -0.123. The van der Waals surface area contributed by atoms with Crippen molar-refractivity contribution < 1.29 is 19.1 Å². The van der Waals surface area contributed by atoms with E-state index < -0.39 is 6.03 Å². The molecular formula is C23H21IN2O4. The number of imide groups is 1. The molecule has 1 aliphatic rings. The number of carbonyl (C=O) groups excluding carboxylic acids is 2. The molecule has 2 aromatic rings. The van der Waals surface area contributed by atoms with Gasteiger partial charge < -0.3 is 14.8 Å². The highest BCUT2D eigenvalue weighted by molar-refractivity contribution is 14.1. The second-order valence-electron chi connectivity index (χ2n) is 6.62. The van der Waals surface area contributed by atoms with E-state index in [2.05, 4.69) is 33.8 Å². The molecule has 0 spiro atoms. The Morgan fingerprint density at radius 2 is 1.93 bits per heavy atom. The lowest BCUT2D eigenvalue weighted by Crippen LogP contribution is -2.30. The number of halogens is 1. The summed E-state index contributed by atoms with van der Waals surface area (Å²) < 4.78 is 12.0. The molecule has 1 N–H and O–H groups in total. The number of ether oxygens (including phenoxy) is 2. The van der Waals surface area contributed by atoms with Gasteiger partial charge in [-0.05, 0) is 65.8 Å². The fourth-order valence-corrected chi connectivity index (χ4v) is 3.73. The minimum absolute atomic E-state index is 0.124. The Labute approximate surface area is 189 Å². The van der Waals surface area contributed by atoms with Crippen molar-refractivity contribution in [1.29, 1.82) is 0 Å². The molecule has 1 fully saturated rings. The Kier molecular flexibility index (Phi) is 7.00. The number of rotatable bonds is 7. The molecule has 0 bridgehead atoms. The van der Waals surface area contributed by atoms with Gasteiger partial charge in [0.2, 0.25) is 0 Å². The van der Waals surface area contributed by atoms with Crippen LogP contribution < -0.4 is 14.8 Å². The van der Waals surface area contributed by atoms with Crippen LogP contribution in [0.5, 0.6) is 11.5 Å². The number of hydrogen-bond acceptors (Lipinski definition) is 4. The molecule has 0 aliphatic carbocycles. The van der Waals surface area contributed by atoms with Gasteiger partial charge in [-0.25, -0.2) is 4.79 Å². The summed E-state index contributed by atoms with van der Waals surface area (Å²) in [5, 5.41) is 2.65. The number of terminal acetylenes is 1. The zero-order valence-electron chi connectivity index (χ0n) is 16.7. The largest absolute Gasteiger partial charge is 0.490 e. The summed E-state index contributed by atoms with van der Waals surface area (Å²) in [4.78, 5) is 26.3. The van der Waals surface area contributed by atoms with Crippen molar-refractivity contribution in [2.75, 3.05) is 13.2 Å². The first-order valence-electron chi connectivity index (χ1n) is 9.35. The quantitative estimate of drug-likeness (QED) is 0.261. The molecule has 7 heteroatoms. The molecule has 1 heterocycles. The molecule has 1 saturated heterocycles. The number of hydrogen-bond donors (Lipinski definition) is 1. The van der Waals surface area contributed by atoms with Gasteiger partial charge in [-0.15, -0.1) is 6.42 Å². The minimum atomic E-state index is -0.444. The molecule has 0 radical (unpaired) electrons. The molecule has 1 aliphatic heterocycles. The van der Waals surface area contributed by atoms with Crippen LogP contribution in [0.1, 0.15) is 23.6 Å². The molecule has 0 saturated carbocycles. The topological polar surface area (TPSA) is 67.9 Å². The third-order valence-corrected chi connectivity index (χ3v) is 5.17. The van der Waals surface area contributed by atoms with Crippen LogP contribution in [0.15, 0.2) is 42.1 Å². The van der Waals surface area contributed by atoms with Crippen LogP contribution in [0, 0.1) is 22.8 Å². The first kappa shape index (κ1) is 21.7. The summed E-state index contributed by atoms with van der Waals surface area (Å²) >= 11 is 2.12. The summed E-state index contributed by atoms with van der Waals surface area (Å²) in [6.07, 6.45) is 6.91. The van der Waals surface area contributed by atoms with Crippen molar-refractivity contribution >= 4 is 40.6 Å². The Morgan fingerprint density at radius 1 is 1.20 bits per heavy atom. The van der Waals surface area contributed by atoms with Gasteiger partial charge in [-0.2, -0.15) is 0 Å². The number of amides is 3. The van der Waals surface area contributed by atoms with Crippen LogP contribution in [0.25, 0.3) is 6.08 Å². The summed E-state index contributed by atoms with van der Waals surface area (Å²) in [5.41, 5.74) is 2.92. The third kappa shape index (κ3) is 4.94. The van der Waals surface area contributed by atoms with E-state index >= 15 is 0 Å². The van der Waals surface area contributed by atoms with E-state index in [9.17, 15) is 9.59 Å². The Bertz CT molecular complexity index is 1040. The van der Waals surface area contributed by atoms with Crippen LogP contribution in [-0.4, -0.2) is 30.1 Å². The van der Waals surface area contributed by atoms with Crippen LogP contribution in [0.2, 0.25) is 0 Å². The average Bonchev–Trinajstić information content (AvgIpc) is 2.96. The lowest BCUT2D eigenvalue weighted by Gasteiger charge is -2.13. The van der Waals surface area contributed by atoms with Crippen molar-refractivity contribution in [3.8, 4) is 23.8 Å². The fraction of sp³-hybridized carbons (Fsp3) is 0.217. The van der Waals surface area contributed by atoms with Gasteiger partial charge in [-0.1, -0.05) is 35.7 Å². The number of nitrogens with zero attached hydrogens (tertiary/aromatic N) is 1. The van der Waals surface area contributed by atoms with Gasteiger partial charge >= 0.3 is 6.03 Å². The maximum Gasteiger partial charge on any atom is 0.329 e. The van der Waals surface area contributed by atoms with Gasteiger partial charge in [0.25, 0.3) is 5.91 Å². The number of urea groups is 1. The maximum absolute atomic E-state index is 12.8. The van der Waals surface area contributed by atoms with E-state index in [1.807, 2.05) is 44.2 Å². The number of aryl methyl sites for hydroxylation is 1.